The van der Waals surface area contributed by atoms with Crippen LogP contribution < -0.4 is 5.32 Å². The maximum Gasteiger partial charge on any atom is 0.410 e. The number of nitrogens with zero attached hydrogens (tertiary/aromatic N) is 1. The molecule has 0 radical (unpaired) electrons. The highest BCUT2D eigenvalue weighted by Gasteiger charge is 2.27. The largest absolute Gasteiger partial charge is 0.461 e. The van der Waals surface area contributed by atoms with E-state index in [4.69, 9.17) is 14.2 Å². The number of esters is 1. The molecule has 0 spiro atoms. The lowest BCUT2D eigenvalue weighted by Crippen LogP contribution is -2.37. The highest BCUT2D eigenvalue weighted by atomic mass is 16.6. The van der Waals surface area contributed by atoms with Gasteiger partial charge in [0.2, 0.25) is 0 Å². The predicted octanol–water partition coefficient (Wildman–Crippen LogP) is 7.45. The van der Waals surface area contributed by atoms with Gasteiger partial charge in [0.1, 0.15) is 24.9 Å². The Bertz CT molecular complexity index is 1380. The molecule has 0 heterocycles. The quantitative estimate of drug-likeness (QED) is 0.164. The van der Waals surface area contributed by atoms with Crippen molar-refractivity contribution in [1.82, 2.24) is 10.2 Å². The van der Waals surface area contributed by atoms with E-state index >= 15 is 0 Å². The van der Waals surface area contributed by atoms with Crippen molar-refractivity contribution < 1.29 is 28.6 Å². The maximum atomic E-state index is 13.4. The Balaban J connectivity index is 1.41. The van der Waals surface area contributed by atoms with Crippen LogP contribution in [0.5, 0.6) is 0 Å². The minimum absolute atomic E-state index is 0.0914. The molecule has 2 amide bonds. The van der Waals surface area contributed by atoms with Gasteiger partial charge in [0.25, 0.3) is 0 Å². The molecular weight excluding hydrogens is 556 g/mol. The normalized spacial score (nSPS) is 16.5. The van der Waals surface area contributed by atoms with Gasteiger partial charge < -0.3 is 19.5 Å². The minimum atomic E-state index is -0.576. The number of rotatable bonds is 11. The second kappa shape index (κ2) is 15.4. The first kappa shape index (κ1) is 32.6. The molecule has 8 nitrogen and oxygen atoms in total. The fourth-order valence-electron chi connectivity index (χ4n) is 5.33. The Morgan fingerprint density at radius 1 is 0.977 bits per heavy atom. The van der Waals surface area contributed by atoms with Crippen LogP contribution in [-0.4, -0.2) is 47.9 Å². The van der Waals surface area contributed by atoms with Crippen molar-refractivity contribution in [3.63, 3.8) is 0 Å². The molecule has 44 heavy (non-hydrogen) atoms. The number of hydrogen-bond acceptors (Lipinski definition) is 6. The number of carbonyl (C=O) groups is 3. The molecule has 1 unspecified atom stereocenters. The van der Waals surface area contributed by atoms with Crippen LogP contribution in [0.25, 0.3) is 5.57 Å². The molecule has 2 aliphatic rings. The highest BCUT2D eigenvalue weighted by molar-refractivity contribution is 5.82. The zero-order chi connectivity index (χ0) is 31.5. The Morgan fingerprint density at radius 3 is 2.39 bits per heavy atom. The molecule has 234 valence electrons. The van der Waals surface area contributed by atoms with E-state index in [2.05, 4.69) is 29.6 Å². The second-order valence-electron chi connectivity index (χ2n) is 12.2. The van der Waals surface area contributed by atoms with Crippen molar-refractivity contribution >= 4 is 23.7 Å². The molecule has 1 atom stereocenters. The van der Waals surface area contributed by atoms with Gasteiger partial charge in [-0.2, -0.15) is 0 Å². The molecule has 2 aromatic rings. The minimum Gasteiger partial charge on any atom is -0.461 e. The van der Waals surface area contributed by atoms with E-state index < -0.39 is 23.8 Å². The van der Waals surface area contributed by atoms with E-state index in [1.54, 1.807) is 0 Å². The third-order valence-corrected chi connectivity index (χ3v) is 7.43. The fourth-order valence-corrected chi connectivity index (χ4v) is 5.33. The van der Waals surface area contributed by atoms with Gasteiger partial charge in [-0.3, -0.25) is 9.69 Å². The summed E-state index contributed by atoms with van der Waals surface area (Å²) in [5.74, 6) is -0.529. The summed E-state index contributed by atoms with van der Waals surface area (Å²) in [5.41, 5.74) is 4.42. The maximum absolute atomic E-state index is 13.4. The summed E-state index contributed by atoms with van der Waals surface area (Å²) in [6.45, 7) is 7.83. The van der Waals surface area contributed by atoms with Crippen LogP contribution in [0.15, 0.2) is 78.9 Å². The van der Waals surface area contributed by atoms with Crippen molar-refractivity contribution in [1.29, 1.82) is 0 Å². The molecular formula is C36H44N2O6. The van der Waals surface area contributed by atoms with Crippen LogP contribution in [0, 0.1) is 0 Å². The molecule has 1 saturated carbocycles. The summed E-state index contributed by atoms with van der Waals surface area (Å²) < 4.78 is 16.8. The number of hydrogen-bond donors (Lipinski definition) is 1. The molecule has 2 aromatic carbocycles. The number of allylic oxidation sites excluding steroid dienone is 5. The summed E-state index contributed by atoms with van der Waals surface area (Å²) in [6.07, 6.45) is 12.7. The van der Waals surface area contributed by atoms with Gasteiger partial charge in [0, 0.05) is 19.0 Å². The number of benzene rings is 2. The first-order valence-corrected chi connectivity index (χ1v) is 15.4. The summed E-state index contributed by atoms with van der Waals surface area (Å²) >= 11 is 0. The van der Waals surface area contributed by atoms with Gasteiger partial charge in [0.05, 0.1) is 0 Å². The molecule has 0 aromatic heterocycles. The Kier molecular flexibility index (Phi) is 11.4. The van der Waals surface area contributed by atoms with Crippen LogP contribution in [0.4, 0.5) is 9.59 Å². The summed E-state index contributed by atoms with van der Waals surface area (Å²) in [4.78, 5) is 39.7. The SMILES string of the molecule is C/C=C\C=C/C1=CC(COC(=O)N(CC(=O)OC2CCCC2)Cc2ccc(CNC(=O)OC(C)(C)C)cc2)c2ccccc21. The molecule has 4 rings (SSSR count). The Labute approximate surface area is 260 Å². The van der Waals surface area contributed by atoms with Gasteiger partial charge in [0.15, 0.2) is 0 Å². The standard InChI is InChI=1S/C36H44N2O6/c1-5-6-7-12-28-21-29(32-16-11-10-15-31(28)32)25-42-35(41)38(24-33(39)43-30-13-8-9-14-30)23-27-19-17-26(18-20-27)22-37-34(40)44-36(2,3)4/h5-7,10-12,15-21,29-30H,8-9,13-14,22-25H2,1-4H3,(H,37,40)/b6-5-,12-7-. The molecule has 2 aliphatic carbocycles. The summed E-state index contributed by atoms with van der Waals surface area (Å²) in [7, 11) is 0. The van der Waals surface area contributed by atoms with Crippen LogP contribution >= 0.6 is 0 Å². The van der Waals surface area contributed by atoms with Gasteiger partial charge in [-0.05, 0) is 81.2 Å². The lowest BCUT2D eigenvalue weighted by atomic mass is 10.0. The molecule has 0 bridgehead atoms. The fraction of sp³-hybridized carbons (Fsp3) is 0.417. The van der Waals surface area contributed by atoms with Crippen molar-refractivity contribution in [2.75, 3.05) is 13.2 Å². The third-order valence-electron chi connectivity index (χ3n) is 7.43. The molecule has 0 saturated heterocycles. The van der Waals surface area contributed by atoms with E-state index in [1.807, 2.05) is 82.3 Å². The van der Waals surface area contributed by atoms with Crippen LogP contribution in [0.3, 0.4) is 0 Å². The van der Waals surface area contributed by atoms with E-state index in [0.717, 1.165) is 53.5 Å². The number of fused-ring (bicyclic) bond motifs is 1. The summed E-state index contributed by atoms with van der Waals surface area (Å²) in [6, 6.07) is 15.6. The van der Waals surface area contributed by atoms with Crippen molar-refractivity contribution in [2.24, 2.45) is 0 Å². The van der Waals surface area contributed by atoms with Crippen LogP contribution in [0.1, 0.15) is 81.5 Å². The number of carbonyl (C=O) groups excluding carboxylic acids is 3. The topological polar surface area (TPSA) is 94.2 Å². The average molecular weight is 601 g/mol. The lowest BCUT2D eigenvalue weighted by molar-refractivity contribution is -0.149. The van der Waals surface area contributed by atoms with E-state index in [9.17, 15) is 14.4 Å². The monoisotopic (exact) mass is 600 g/mol. The van der Waals surface area contributed by atoms with Gasteiger partial charge in [-0.15, -0.1) is 0 Å². The van der Waals surface area contributed by atoms with Crippen molar-refractivity contribution in [3.8, 4) is 0 Å². The van der Waals surface area contributed by atoms with Crippen molar-refractivity contribution in [3.05, 3.63) is 101 Å². The Hall–Kier alpha value is -4.33. The van der Waals surface area contributed by atoms with Gasteiger partial charge in [-0.1, -0.05) is 78.9 Å². The predicted molar refractivity (Wildman–Crippen MR) is 171 cm³/mol. The van der Waals surface area contributed by atoms with Crippen LogP contribution in [-0.2, 0) is 32.1 Å². The van der Waals surface area contributed by atoms with E-state index in [1.165, 1.54) is 4.90 Å². The smallest absolute Gasteiger partial charge is 0.410 e. The highest BCUT2D eigenvalue weighted by Crippen LogP contribution is 2.36. The number of alkyl carbamates (subject to hydrolysis) is 1. The molecule has 0 aliphatic heterocycles. The molecule has 1 fully saturated rings. The number of nitrogens with one attached hydrogen (secondary N) is 1. The van der Waals surface area contributed by atoms with E-state index in [0.29, 0.717) is 6.54 Å². The molecule has 1 N–H and O–H groups in total. The zero-order valence-electron chi connectivity index (χ0n) is 26.2. The van der Waals surface area contributed by atoms with Crippen molar-refractivity contribution in [2.45, 2.75) is 84.1 Å². The first-order chi connectivity index (χ1) is 21.1. The first-order valence-electron chi connectivity index (χ1n) is 15.4. The van der Waals surface area contributed by atoms with Gasteiger partial charge >= 0.3 is 18.2 Å². The summed E-state index contributed by atoms with van der Waals surface area (Å²) in [5, 5.41) is 2.74. The Morgan fingerprint density at radius 2 is 1.68 bits per heavy atom. The molecule has 8 heteroatoms. The number of ether oxygens (including phenoxy) is 3. The van der Waals surface area contributed by atoms with Gasteiger partial charge in [-0.25, -0.2) is 9.59 Å². The second-order valence-corrected chi connectivity index (χ2v) is 12.2. The average Bonchev–Trinajstić information content (AvgIpc) is 3.62. The van der Waals surface area contributed by atoms with E-state index in [-0.39, 0.29) is 31.7 Å². The lowest BCUT2D eigenvalue weighted by Gasteiger charge is -2.23. The number of amides is 2. The third kappa shape index (κ3) is 9.86. The van der Waals surface area contributed by atoms with Crippen LogP contribution in [0.2, 0.25) is 0 Å². The zero-order valence-corrected chi connectivity index (χ0v) is 26.2.